The van der Waals surface area contributed by atoms with Gasteiger partial charge >= 0.3 is 5.97 Å². The van der Waals surface area contributed by atoms with Gasteiger partial charge in [-0.3, -0.25) is 4.79 Å². The van der Waals surface area contributed by atoms with E-state index in [-0.39, 0.29) is 11.9 Å². The molecule has 1 atom stereocenters. The largest absolute Gasteiger partial charge is 0.467 e. The molecule has 86 valence electrons. The van der Waals surface area contributed by atoms with Gasteiger partial charge in [-0.1, -0.05) is 0 Å². The summed E-state index contributed by atoms with van der Waals surface area (Å²) in [5, 5.41) is 5.62. The Morgan fingerprint density at radius 2 is 2.20 bits per heavy atom. The summed E-state index contributed by atoms with van der Waals surface area (Å²) < 4.78 is 9.54. The summed E-state index contributed by atoms with van der Waals surface area (Å²) in [5.74, 6) is -0.699. The summed E-state index contributed by atoms with van der Waals surface area (Å²) in [6.45, 7) is 3.02. The van der Waals surface area contributed by atoms with Crippen LogP contribution in [0.3, 0.4) is 0 Å². The van der Waals surface area contributed by atoms with Gasteiger partial charge in [0.1, 0.15) is 6.04 Å². The number of hydrogen-bond donors (Lipinski definition) is 2. The third kappa shape index (κ3) is 3.85. The predicted molar refractivity (Wildman–Crippen MR) is 52.2 cm³/mol. The molecular formula is C9H16N2O4. The predicted octanol–water partition coefficient (Wildman–Crippen LogP) is -1.35. The number of ether oxygens (including phenoxy) is 2. The monoisotopic (exact) mass is 216 g/mol. The van der Waals surface area contributed by atoms with Crippen molar-refractivity contribution in [2.75, 3.05) is 26.9 Å². The number of methoxy groups -OCH3 is 1. The summed E-state index contributed by atoms with van der Waals surface area (Å²) in [6, 6.07) is -0.362. The van der Waals surface area contributed by atoms with E-state index in [1.54, 1.807) is 0 Å². The van der Waals surface area contributed by atoms with Crippen LogP contribution in [-0.2, 0) is 19.1 Å². The Labute approximate surface area is 88.3 Å². The molecule has 0 bridgehead atoms. The van der Waals surface area contributed by atoms with Gasteiger partial charge in [0.2, 0.25) is 5.91 Å². The van der Waals surface area contributed by atoms with Crippen LogP contribution in [0.15, 0.2) is 0 Å². The van der Waals surface area contributed by atoms with Gasteiger partial charge in [-0.2, -0.15) is 0 Å². The van der Waals surface area contributed by atoms with E-state index in [0.717, 1.165) is 0 Å². The van der Waals surface area contributed by atoms with Gasteiger partial charge in [0, 0.05) is 13.5 Å². The molecule has 1 aliphatic heterocycles. The first-order valence-corrected chi connectivity index (χ1v) is 4.79. The molecule has 0 saturated carbocycles. The van der Waals surface area contributed by atoms with Crippen LogP contribution in [-0.4, -0.2) is 50.8 Å². The Morgan fingerprint density at radius 3 is 2.60 bits per heavy atom. The zero-order valence-corrected chi connectivity index (χ0v) is 8.91. The van der Waals surface area contributed by atoms with Crippen molar-refractivity contribution < 1.29 is 19.1 Å². The number of rotatable bonds is 5. The summed E-state index contributed by atoms with van der Waals surface area (Å²) in [5.41, 5.74) is 0. The number of amides is 1. The summed E-state index contributed by atoms with van der Waals surface area (Å²) in [4.78, 5) is 22.1. The first kappa shape index (κ1) is 11.9. The molecule has 0 aliphatic carbocycles. The van der Waals surface area contributed by atoms with Crippen LogP contribution in [0.25, 0.3) is 0 Å². The van der Waals surface area contributed by atoms with E-state index >= 15 is 0 Å². The molecule has 1 amide bonds. The fraction of sp³-hybridized carbons (Fsp3) is 0.778. The molecule has 1 fully saturated rings. The van der Waals surface area contributed by atoms with E-state index in [4.69, 9.17) is 4.74 Å². The molecule has 1 unspecified atom stereocenters. The van der Waals surface area contributed by atoms with Gasteiger partial charge in [0.05, 0.1) is 26.4 Å². The van der Waals surface area contributed by atoms with Crippen molar-refractivity contribution in [3.8, 4) is 0 Å². The molecule has 1 aliphatic rings. The van der Waals surface area contributed by atoms with E-state index in [1.807, 2.05) is 0 Å². The lowest BCUT2D eigenvalue weighted by molar-refractivity contribution is -0.144. The molecule has 0 aromatic heterocycles. The minimum atomic E-state index is -0.631. The Kier molecular flexibility index (Phi) is 4.51. The topological polar surface area (TPSA) is 76.7 Å². The molecule has 15 heavy (non-hydrogen) atoms. The van der Waals surface area contributed by atoms with Crippen LogP contribution >= 0.6 is 0 Å². The van der Waals surface area contributed by atoms with Crippen molar-refractivity contribution in [1.82, 2.24) is 10.6 Å². The minimum absolute atomic E-state index is 0.253. The minimum Gasteiger partial charge on any atom is -0.467 e. The molecule has 0 aromatic rings. The lowest BCUT2D eigenvalue weighted by Crippen LogP contribution is -2.53. The normalized spacial score (nSPS) is 17.7. The highest BCUT2D eigenvalue weighted by Crippen LogP contribution is 1.99. The molecular weight excluding hydrogens is 200 g/mol. The SMILES string of the molecule is COC(=O)C(CNC1COC1)NC(C)=O. The fourth-order valence-corrected chi connectivity index (χ4v) is 1.22. The van der Waals surface area contributed by atoms with Crippen LogP contribution in [0.2, 0.25) is 0 Å². The Bertz CT molecular complexity index is 240. The number of carbonyl (C=O) groups excluding carboxylic acids is 2. The second-order valence-corrected chi connectivity index (χ2v) is 3.42. The average molecular weight is 216 g/mol. The highest BCUT2D eigenvalue weighted by molar-refractivity contribution is 5.83. The van der Waals surface area contributed by atoms with Crippen molar-refractivity contribution in [2.24, 2.45) is 0 Å². The first-order valence-electron chi connectivity index (χ1n) is 4.79. The van der Waals surface area contributed by atoms with Crippen molar-refractivity contribution >= 4 is 11.9 Å². The van der Waals surface area contributed by atoms with Crippen LogP contribution in [0.4, 0.5) is 0 Å². The molecule has 1 rings (SSSR count). The maximum Gasteiger partial charge on any atom is 0.329 e. The highest BCUT2D eigenvalue weighted by Gasteiger charge is 2.24. The Hall–Kier alpha value is -1.14. The number of hydrogen-bond acceptors (Lipinski definition) is 5. The Morgan fingerprint density at radius 1 is 1.53 bits per heavy atom. The third-order valence-corrected chi connectivity index (χ3v) is 2.11. The van der Waals surface area contributed by atoms with E-state index < -0.39 is 12.0 Å². The van der Waals surface area contributed by atoms with Gasteiger partial charge in [-0.25, -0.2) is 4.79 Å². The van der Waals surface area contributed by atoms with Crippen molar-refractivity contribution in [3.05, 3.63) is 0 Å². The van der Waals surface area contributed by atoms with E-state index in [2.05, 4.69) is 15.4 Å². The average Bonchev–Trinajstić information content (AvgIpc) is 2.12. The Balaban J connectivity index is 2.33. The zero-order valence-electron chi connectivity index (χ0n) is 8.91. The van der Waals surface area contributed by atoms with Crippen LogP contribution in [0, 0.1) is 0 Å². The smallest absolute Gasteiger partial charge is 0.329 e. The summed E-state index contributed by atoms with van der Waals surface area (Å²) >= 11 is 0. The van der Waals surface area contributed by atoms with E-state index in [9.17, 15) is 9.59 Å². The third-order valence-electron chi connectivity index (χ3n) is 2.11. The highest BCUT2D eigenvalue weighted by atomic mass is 16.5. The van der Waals surface area contributed by atoms with Gasteiger partial charge < -0.3 is 20.1 Å². The van der Waals surface area contributed by atoms with E-state index in [1.165, 1.54) is 14.0 Å². The standard InChI is InChI=1S/C9H16N2O4/c1-6(12)11-8(9(13)14-2)3-10-7-4-15-5-7/h7-8,10H,3-5H2,1-2H3,(H,11,12). The lowest BCUT2D eigenvalue weighted by Gasteiger charge is -2.28. The molecule has 1 heterocycles. The van der Waals surface area contributed by atoms with Gasteiger partial charge in [0.25, 0.3) is 0 Å². The quantitative estimate of drug-likeness (QED) is 0.556. The molecule has 0 aromatic carbocycles. The molecule has 0 radical (unpaired) electrons. The molecule has 2 N–H and O–H groups in total. The van der Waals surface area contributed by atoms with Crippen LogP contribution in [0.1, 0.15) is 6.92 Å². The second-order valence-electron chi connectivity index (χ2n) is 3.42. The number of nitrogens with one attached hydrogen (secondary N) is 2. The van der Waals surface area contributed by atoms with Gasteiger partial charge in [-0.15, -0.1) is 0 Å². The molecule has 6 nitrogen and oxygen atoms in total. The zero-order chi connectivity index (χ0) is 11.3. The lowest BCUT2D eigenvalue weighted by atomic mass is 10.2. The fourth-order valence-electron chi connectivity index (χ4n) is 1.22. The molecule has 1 saturated heterocycles. The van der Waals surface area contributed by atoms with Gasteiger partial charge in [0.15, 0.2) is 0 Å². The number of esters is 1. The van der Waals surface area contributed by atoms with Crippen molar-refractivity contribution in [1.29, 1.82) is 0 Å². The van der Waals surface area contributed by atoms with Crippen molar-refractivity contribution in [3.63, 3.8) is 0 Å². The van der Waals surface area contributed by atoms with Crippen molar-refractivity contribution in [2.45, 2.75) is 19.0 Å². The van der Waals surface area contributed by atoms with Gasteiger partial charge in [-0.05, 0) is 0 Å². The molecule has 0 spiro atoms. The molecule has 6 heteroatoms. The summed E-state index contributed by atoms with van der Waals surface area (Å²) in [7, 11) is 1.30. The summed E-state index contributed by atoms with van der Waals surface area (Å²) in [6.07, 6.45) is 0. The number of carbonyl (C=O) groups is 2. The van der Waals surface area contributed by atoms with Crippen LogP contribution < -0.4 is 10.6 Å². The van der Waals surface area contributed by atoms with Crippen LogP contribution in [0.5, 0.6) is 0 Å². The first-order chi connectivity index (χ1) is 7.13. The maximum atomic E-state index is 11.3. The van der Waals surface area contributed by atoms with E-state index in [0.29, 0.717) is 19.8 Å². The maximum absolute atomic E-state index is 11.3. The second kappa shape index (κ2) is 5.67.